The van der Waals surface area contributed by atoms with Crippen LogP contribution in [0.15, 0.2) is 18.2 Å². The zero-order valence-electron chi connectivity index (χ0n) is 11.3. The number of carbonyl (C=O) groups is 1. The molecule has 19 heavy (non-hydrogen) atoms. The van der Waals surface area contributed by atoms with Crippen molar-refractivity contribution in [1.82, 2.24) is 5.32 Å². The molecule has 2 N–H and O–H groups in total. The van der Waals surface area contributed by atoms with Crippen LogP contribution in [0.3, 0.4) is 0 Å². The van der Waals surface area contributed by atoms with Gasteiger partial charge in [0, 0.05) is 6.42 Å². The van der Waals surface area contributed by atoms with Crippen LogP contribution >= 0.6 is 11.6 Å². The predicted octanol–water partition coefficient (Wildman–Crippen LogP) is 3.37. The van der Waals surface area contributed by atoms with Gasteiger partial charge in [0.15, 0.2) is 0 Å². The minimum Gasteiger partial charge on any atom is -0.325 e. The monoisotopic (exact) mass is 280 g/mol. The third-order valence-corrected chi connectivity index (χ3v) is 3.98. The van der Waals surface area contributed by atoms with Gasteiger partial charge < -0.3 is 10.6 Å². The van der Waals surface area contributed by atoms with E-state index in [2.05, 4.69) is 10.6 Å². The van der Waals surface area contributed by atoms with Crippen LogP contribution in [-0.4, -0.2) is 19.0 Å². The summed E-state index contributed by atoms with van der Waals surface area (Å²) in [6.07, 6.45) is 3.96. The second-order valence-corrected chi connectivity index (χ2v) is 5.64. The maximum atomic E-state index is 12.0. The molecule has 1 atom stereocenters. The van der Waals surface area contributed by atoms with Gasteiger partial charge in [-0.3, -0.25) is 4.79 Å². The van der Waals surface area contributed by atoms with Crippen molar-refractivity contribution in [2.75, 3.05) is 18.4 Å². The molecule has 1 heterocycles. The Labute approximate surface area is 119 Å². The van der Waals surface area contributed by atoms with Crippen LogP contribution in [0.2, 0.25) is 5.02 Å². The van der Waals surface area contributed by atoms with E-state index >= 15 is 0 Å². The van der Waals surface area contributed by atoms with Gasteiger partial charge in [-0.15, -0.1) is 0 Å². The van der Waals surface area contributed by atoms with Crippen LogP contribution < -0.4 is 10.6 Å². The highest BCUT2D eigenvalue weighted by Gasteiger charge is 2.15. The Morgan fingerprint density at radius 2 is 2.37 bits per heavy atom. The second-order valence-electron chi connectivity index (χ2n) is 5.23. The van der Waals surface area contributed by atoms with Crippen LogP contribution in [0.4, 0.5) is 5.69 Å². The molecule has 0 radical (unpaired) electrons. The van der Waals surface area contributed by atoms with Crippen molar-refractivity contribution in [3.63, 3.8) is 0 Å². The highest BCUT2D eigenvalue weighted by Crippen LogP contribution is 2.25. The first-order valence-corrected chi connectivity index (χ1v) is 7.30. The summed E-state index contributed by atoms with van der Waals surface area (Å²) in [5.74, 6) is 0.689. The number of para-hydroxylation sites is 1. The van der Waals surface area contributed by atoms with E-state index in [0.717, 1.165) is 30.8 Å². The molecule has 1 amide bonds. The number of benzene rings is 1. The van der Waals surface area contributed by atoms with E-state index in [9.17, 15) is 4.79 Å². The molecule has 3 nitrogen and oxygen atoms in total. The third-order valence-electron chi connectivity index (χ3n) is 3.66. The molecule has 1 saturated heterocycles. The number of hydrogen-bond donors (Lipinski definition) is 2. The summed E-state index contributed by atoms with van der Waals surface area (Å²) in [4.78, 5) is 12.0. The fraction of sp³-hybridized carbons (Fsp3) is 0.533. The molecule has 1 aromatic carbocycles. The van der Waals surface area contributed by atoms with E-state index in [4.69, 9.17) is 11.6 Å². The topological polar surface area (TPSA) is 41.1 Å². The highest BCUT2D eigenvalue weighted by molar-refractivity contribution is 6.33. The highest BCUT2D eigenvalue weighted by atomic mass is 35.5. The van der Waals surface area contributed by atoms with Gasteiger partial charge in [0.1, 0.15) is 0 Å². The zero-order chi connectivity index (χ0) is 13.7. The van der Waals surface area contributed by atoms with Crippen molar-refractivity contribution in [3.8, 4) is 0 Å². The normalized spacial score (nSPS) is 19.2. The van der Waals surface area contributed by atoms with Gasteiger partial charge in [-0.1, -0.05) is 23.7 Å². The summed E-state index contributed by atoms with van der Waals surface area (Å²) >= 11 is 6.10. The molecular weight excluding hydrogens is 260 g/mol. The molecule has 1 aliphatic heterocycles. The molecule has 1 aromatic rings. The number of piperidine rings is 1. The summed E-state index contributed by atoms with van der Waals surface area (Å²) in [6, 6.07) is 5.64. The Kier molecular flexibility index (Phi) is 5.23. The summed E-state index contributed by atoms with van der Waals surface area (Å²) < 4.78 is 0. The molecule has 104 valence electrons. The van der Waals surface area contributed by atoms with Gasteiger partial charge in [-0.05, 0) is 56.8 Å². The molecule has 4 heteroatoms. The summed E-state index contributed by atoms with van der Waals surface area (Å²) in [7, 11) is 0. The van der Waals surface area contributed by atoms with Crippen LogP contribution in [0.25, 0.3) is 0 Å². The number of carbonyl (C=O) groups excluding carboxylic acids is 1. The molecule has 2 rings (SSSR count). The van der Waals surface area contributed by atoms with Crippen molar-refractivity contribution in [2.45, 2.75) is 32.6 Å². The lowest BCUT2D eigenvalue weighted by Crippen LogP contribution is -2.30. The number of halogens is 1. The summed E-state index contributed by atoms with van der Waals surface area (Å²) in [5, 5.41) is 6.90. The molecule has 0 bridgehead atoms. The summed E-state index contributed by atoms with van der Waals surface area (Å²) in [5.41, 5.74) is 1.75. The Morgan fingerprint density at radius 1 is 1.53 bits per heavy atom. The van der Waals surface area contributed by atoms with Crippen molar-refractivity contribution in [2.24, 2.45) is 5.92 Å². The number of aryl methyl sites for hydroxylation is 1. The van der Waals surface area contributed by atoms with Crippen LogP contribution in [0, 0.1) is 12.8 Å². The number of nitrogens with one attached hydrogen (secondary N) is 2. The first kappa shape index (κ1) is 14.4. The van der Waals surface area contributed by atoms with E-state index in [0.29, 0.717) is 17.4 Å². The van der Waals surface area contributed by atoms with Crippen molar-refractivity contribution < 1.29 is 4.79 Å². The zero-order valence-corrected chi connectivity index (χ0v) is 12.1. The SMILES string of the molecule is Cc1cccc(Cl)c1NC(=O)CCC1CCCNC1. The Bertz CT molecular complexity index is 422. The molecule has 0 spiro atoms. The van der Waals surface area contributed by atoms with E-state index < -0.39 is 0 Å². The van der Waals surface area contributed by atoms with Crippen molar-refractivity contribution in [1.29, 1.82) is 0 Å². The second kappa shape index (κ2) is 6.92. The van der Waals surface area contributed by atoms with E-state index in [1.165, 1.54) is 12.8 Å². The Hall–Kier alpha value is -1.06. The Balaban J connectivity index is 1.83. The van der Waals surface area contributed by atoms with Gasteiger partial charge in [-0.25, -0.2) is 0 Å². The molecule has 0 aliphatic carbocycles. The lowest BCUT2D eigenvalue weighted by atomic mass is 9.94. The van der Waals surface area contributed by atoms with Crippen LogP contribution in [-0.2, 0) is 4.79 Å². The average Bonchev–Trinajstić information content (AvgIpc) is 2.42. The summed E-state index contributed by atoms with van der Waals surface area (Å²) in [6.45, 7) is 4.10. The third kappa shape index (κ3) is 4.22. The van der Waals surface area contributed by atoms with Gasteiger partial charge in [0.25, 0.3) is 0 Å². The number of amides is 1. The average molecular weight is 281 g/mol. The molecule has 0 aromatic heterocycles. The van der Waals surface area contributed by atoms with E-state index in [-0.39, 0.29) is 5.91 Å². The number of anilines is 1. The first-order valence-electron chi connectivity index (χ1n) is 6.92. The molecule has 1 unspecified atom stereocenters. The maximum absolute atomic E-state index is 12.0. The number of hydrogen-bond acceptors (Lipinski definition) is 2. The van der Waals surface area contributed by atoms with Gasteiger partial charge >= 0.3 is 0 Å². The van der Waals surface area contributed by atoms with Gasteiger partial charge in [-0.2, -0.15) is 0 Å². The predicted molar refractivity (Wildman–Crippen MR) is 79.6 cm³/mol. The smallest absolute Gasteiger partial charge is 0.224 e. The minimum absolute atomic E-state index is 0.0572. The van der Waals surface area contributed by atoms with Crippen LogP contribution in [0.5, 0.6) is 0 Å². The fourth-order valence-corrected chi connectivity index (χ4v) is 2.77. The molecule has 1 fully saturated rings. The Morgan fingerprint density at radius 3 is 3.05 bits per heavy atom. The lowest BCUT2D eigenvalue weighted by Gasteiger charge is -2.22. The van der Waals surface area contributed by atoms with E-state index in [1.807, 2.05) is 19.1 Å². The standard InChI is InChI=1S/C15H21ClN2O/c1-11-4-2-6-13(16)15(11)18-14(19)8-7-12-5-3-9-17-10-12/h2,4,6,12,17H,3,5,7-10H2,1H3,(H,18,19). The van der Waals surface area contributed by atoms with Gasteiger partial charge in [0.2, 0.25) is 5.91 Å². The minimum atomic E-state index is 0.0572. The van der Waals surface area contributed by atoms with Gasteiger partial charge in [0.05, 0.1) is 10.7 Å². The lowest BCUT2D eigenvalue weighted by molar-refractivity contribution is -0.116. The molecule has 0 saturated carbocycles. The van der Waals surface area contributed by atoms with E-state index in [1.54, 1.807) is 6.07 Å². The largest absolute Gasteiger partial charge is 0.325 e. The molecule has 1 aliphatic rings. The maximum Gasteiger partial charge on any atom is 0.224 e. The fourth-order valence-electron chi connectivity index (χ4n) is 2.50. The van der Waals surface area contributed by atoms with Crippen LogP contribution in [0.1, 0.15) is 31.2 Å². The molecular formula is C15H21ClN2O. The quantitative estimate of drug-likeness (QED) is 0.888. The first-order chi connectivity index (χ1) is 9.16. The van der Waals surface area contributed by atoms with Crippen molar-refractivity contribution >= 4 is 23.2 Å². The number of rotatable bonds is 4. The van der Waals surface area contributed by atoms with Crippen molar-refractivity contribution in [3.05, 3.63) is 28.8 Å².